The molecular weight excluding hydrogens is 288 g/mol. The van der Waals surface area contributed by atoms with Gasteiger partial charge < -0.3 is 9.47 Å². The van der Waals surface area contributed by atoms with Crippen LogP contribution in [0, 0.1) is 22.7 Å². The van der Waals surface area contributed by atoms with E-state index in [9.17, 15) is 4.79 Å². The summed E-state index contributed by atoms with van der Waals surface area (Å²) in [4.78, 5) is 12.9. The van der Waals surface area contributed by atoms with Gasteiger partial charge in [0.05, 0.1) is 13.2 Å². The van der Waals surface area contributed by atoms with Gasteiger partial charge in [-0.25, -0.2) is 0 Å². The van der Waals surface area contributed by atoms with Gasteiger partial charge in [0.15, 0.2) is 6.29 Å². The average molecular weight is 322 g/mol. The van der Waals surface area contributed by atoms with E-state index < -0.39 is 0 Å². The monoisotopic (exact) mass is 322 g/mol. The van der Waals surface area contributed by atoms with E-state index in [0.29, 0.717) is 17.6 Å². The van der Waals surface area contributed by atoms with Gasteiger partial charge in [0.1, 0.15) is 5.78 Å². The van der Waals surface area contributed by atoms with Crippen LogP contribution in [0.2, 0.25) is 0 Å². The van der Waals surface area contributed by atoms with Crippen LogP contribution in [-0.2, 0) is 14.3 Å². The van der Waals surface area contributed by atoms with Gasteiger partial charge in [-0.2, -0.15) is 0 Å². The third-order valence-electron chi connectivity index (χ3n) is 5.64. The first kappa shape index (κ1) is 18.7. The number of carbonyl (C=O) groups excluding carboxylic acids is 1. The molecule has 3 nitrogen and oxygen atoms in total. The van der Waals surface area contributed by atoms with Crippen LogP contribution in [0.3, 0.4) is 0 Å². The van der Waals surface area contributed by atoms with Crippen molar-refractivity contribution in [1.29, 1.82) is 0 Å². The summed E-state index contributed by atoms with van der Waals surface area (Å²) in [5.41, 5.74) is -0.162. The lowest BCUT2D eigenvalue weighted by Gasteiger charge is -2.45. The molecule has 0 radical (unpaired) electrons. The van der Waals surface area contributed by atoms with Gasteiger partial charge in [0.25, 0.3) is 0 Å². The fourth-order valence-electron chi connectivity index (χ4n) is 4.40. The predicted molar refractivity (Wildman–Crippen MR) is 93.1 cm³/mol. The average Bonchev–Trinajstić information content (AvgIpc) is 2.48. The highest BCUT2D eigenvalue weighted by atomic mass is 16.7. The quantitative estimate of drug-likeness (QED) is 0.662. The fourth-order valence-corrected chi connectivity index (χ4v) is 4.40. The van der Waals surface area contributed by atoms with Crippen LogP contribution in [0.1, 0.15) is 66.2 Å². The molecule has 0 aromatic heterocycles. The van der Waals surface area contributed by atoms with Crippen LogP contribution in [0.15, 0.2) is 12.7 Å². The Kier molecular flexibility index (Phi) is 6.07. The van der Waals surface area contributed by atoms with E-state index in [1.807, 2.05) is 6.08 Å². The summed E-state index contributed by atoms with van der Waals surface area (Å²) in [6.45, 7) is 14.2. The van der Waals surface area contributed by atoms with Gasteiger partial charge in [-0.15, -0.1) is 6.58 Å². The summed E-state index contributed by atoms with van der Waals surface area (Å²) in [6, 6.07) is 0. The number of hydrogen-bond acceptors (Lipinski definition) is 3. The van der Waals surface area contributed by atoms with Gasteiger partial charge in [-0.05, 0) is 43.9 Å². The van der Waals surface area contributed by atoms with Crippen LogP contribution in [-0.4, -0.2) is 25.3 Å². The highest BCUT2D eigenvalue weighted by Crippen LogP contribution is 2.49. The second-order valence-electron chi connectivity index (χ2n) is 8.57. The van der Waals surface area contributed by atoms with Crippen molar-refractivity contribution in [1.82, 2.24) is 0 Å². The molecule has 132 valence electrons. The molecule has 0 bridgehead atoms. The Hall–Kier alpha value is -0.670. The van der Waals surface area contributed by atoms with Crippen LogP contribution in [0.25, 0.3) is 0 Å². The van der Waals surface area contributed by atoms with E-state index >= 15 is 0 Å². The largest absolute Gasteiger partial charge is 0.352 e. The summed E-state index contributed by atoms with van der Waals surface area (Å²) in [6.07, 6.45) is 7.12. The summed E-state index contributed by atoms with van der Waals surface area (Å²) >= 11 is 0. The molecule has 2 rings (SSSR count). The topological polar surface area (TPSA) is 35.5 Å². The van der Waals surface area contributed by atoms with Gasteiger partial charge in [-0.1, -0.05) is 33.8 Å². The van der Waals surface area contributed by atoms with E-state index in [0.717, 1.165) is 51.7 Å². The van der Waals surface area contributed by atoms with Gasteiger partial charge >= 0.3 is 0 Å². The molecule has 1 saturated heterocycles. The molecule has 3 heteroatoms. The standard InChI is InChI=1S/C20H34O3/c1-6-11-20(16(15(2)3)8-7-9-17(20)21)12-10-18-22-13-19(4,5)14-23-18/h6,15-16,18H,1,7-14H2,2-5H3/t16-,20+/m1/s1. The minimum atomic E-state index is -0.256. The molecule has 1 saturated carbocycles. The zero-order chi connectivity index (χ0) is 17.1. The molecule has 1 heterocycles. The number of carbonyl (C=O) groups is 1. The molecule has 0 spiro atoms. The van der Waals surface area contributed by atoms with Crippen molar-refractivity contribution in [3.63, 3.8) is 0 Å². The molecule has 23 heavy (non-hydrogen) atoms. The summed E-state index contributed by atoms with van der Waals surface area (Å²) in [5, 5.41) is 0. The van der Waals surface area contributed by atoms with Crippen molar-refractivity contribution in [2.24, 2.45) is 22.7 Å². The third kappa shape index (κ3) is 4.24. The highest BCUT2D eigenvalue weighted by Gasteiger charge is 2.47. The van der Waals surface area contributed by atoms with Crippen molar-refractivity contribution in [2.75, 3.05) is 13.2 Å². The maximum atomic E-state index is 12.9. The molecule has 2 aliphatic rings. The van der Waals surface area contributed by atoms with Crippen molar-refractivity contribution in [3.05, 3.63) is 12.7 Å². The Morgan fingerprint density at radius 1 is 1.30 bits per heavy atom. The van der Waals surface area contributed by atoms with Crippen molar-refractivity contribution in [3.8, 4) is 0 Å². The van der Waals surface area contributed by atoms with Crippen LogP contribution in [0.4, 0.5) is 0 Å². The molecule has 2 atom stereocenters. The first-order chi connectivity index (χ1) is 10.8. The van der Waals surface area contributed by atoms with Gasteiger partial charge in [-0.3, -0.25) is 4.79 Å². The minimum Gasteiger partial charge on any atom is -0.352 e. The Labute approximate surface area is 141 Å². The minimum absolute atomic E-state index is 0.0937. The van der Waals surface area contributed by atoms with E-state index in [1.165, 1.54) is 0 Å². The normalized spacial score (nSPS) is 32.2. The number of hydrogen-bond donors (Lipinski definition) is 0. The first-order valence-corrected chi connectivity index (χ1v) is 9.18. The maximum absolute atomic E-state index is 12.9. The van der Waals surface area contributed by atoms with E-state index in [2.05, 4.69) is 34.3 Å². The lowest BCUT2D eigenvalue weighted by atomic mass is 9.58. The van der Waals surface area contributed by atoms with Crippen molar-refractivity contribution >= 4 is 5.78 Å². The smallest absolute Gasteiger partial charge is 0.157 e. The molecule has 1 aliphatic heterocycles. The Morgan fingerprint density at radius 3 is 2.52 bits per heavy atom. The van der Waals surface area contributed by atoms with Crippen LogP contribution < -0.4 is 0 Å². The maximum Gasteiger partial charge on any atom is 0.157 e. The lowest BCUT2D eigenvalue weighted by molar-refractivity contribution is -0.226. The van der Waals surface area contributed by atoms with Crippen molar-refractivity contribution in [2.45, 2.75) is 72.5 Å². The molecule has 0 aromatic carbocycles. The number of rotatable bonds is 6. The molecule has 1 aliphatic carbocycles. The summed E-state index contributed by atoms with van der Waals surface area (Å²) < 4.78 is 11.8. The second-order valence-corrected chi connectivity index (χ2v) is 8.57. The molecule has 0 N–H and O–H groups in total. The predicted octanol–water partition coefficient (Wildman–Crippen LogP) is 4.75. The fraction of sp³-hybridized carbons (Fsp3) is 0.850. The molecule has 0 aromatic rings. The first-order valence-electron chi connectivity index (χ1n) is 9.18. The zero-order valence-electron chi connectivity index (χ0n) is 15.4. The Balaban J connectivity index is 2.07. The van der Waals surface area contributed by atoms with E-state index in [1.54, 1.807) is 0 Å². The van der Waals surface area contributed by atoms with Gasteiger partial charge in [0, 0.05) is 17.3 Å². The Bertz CT molecular complexity index is 417. The molecule has 0 amide bonds. The van der Waals surface area contributed by atoms with Crippen LogP contribution in [0.5, 0.6) is 0 Å². The Morgan fingerprint density at radius 2 is 1.96 bits per heavy atom. The molecule has 2 fully saturated rings. The number of ketones is 1. The van der Waals surface area contributed by atoms with E-state index in [-0.39, 0.29) is 17.1 Å². The third-order valence-corrected chi connectivity index (χ3v) is 5.64. The number of allylic oxidation sites excluding steroid dienone is 1. The van der Waals surface area contributed by atoms with Crippen LogP contribution >= 0.6 is 0 Å². The SMILES string of the molecule is C=CC[C@@]1(CCC2OCC(C)(C)CO2)C(=O)CCC[C@@H]1C(C)C. The number of ether oxygens (including phenoxy) is 2. The van der Waals surface area contributed by atoms with Crippen molar-refractivity contribution < 1.29 is 14.3 Å². The summed E-state index contributed by atoms with van der Waals surface area (Å²) in [7, 11) is 0. The molecule has 0 unspecified atom stereocenters. The molecular formula is C20H34O3. The van der Waals surface area contributed by atoms with Gasteiger partial charge in [0.2, 0.25) is 0 Å². The number of Topliss-reactive ketones (excluding diaryl/α,β-unsaturated/α-hetero) is 1. The highest BCUT2D eigenvalue weighted by molar-refractivity contribution is 5.86. The van der Waals surface area contributed by atoms with E-state index in [4.69, 9.17) is 9.47 Å². The zero-order valence-corrected chi connectivity index (χ0v) is 15.4. The summed E-state index contributed by atoms with van der Waals surface area (Å²) in [5.74, 6) is 1.39. The lowest BCUT2D eigenvalue weighted by Crippen LogP contribution is -2.45. The second kappa shape index (κ2) is 7.48.